The van der Waals surface area contributed by atoms with E-state index in [1.807, 2.05) is 23.5 Å². The molecule has 9 nitrogen and oxygen atoms in total. The van der Waals surface area contributed by atoms with E-state index in [1.54, 1.807) is 24.4 Å². The molecule has 5 rings (SSSR count). The van der Waals surface area contributed by atoms with Gasteiger partial charge in [0.1, 0.15) is 12.6 Å². The lowest BCUT2D eigenvalue weighted by molar-refractivity contribution is -0.149. The van der Waals surface area contributed by atoms with E-state index >= 15 is 0 Å². The van der Waals surface area contributed by atoms with E-state index in [0.717, 1.165) is 10.5 Å². The monoisotopic (exact) mass is 566 g/mol. The average molecular weight is 567 g/mol. The summed E-state index contributed by atoms with van der Waals surface area (Å²) < 4.78 is 73.5. The fourth-order valence-electron chi connectivity index (χ4n) is 5.02. The number of urea groups is 1. The Kier molecular flexibility index (Phi) is 7.51. The lowest BCUT2D eigenvalue weighted by Crippen LogP contribution is -2.40. The Morgan fingerprint density at radius 2 is 1.90 bits per heavy atom. The van der Waals surface area contributed by atoms with Gasteiger partial charge in [0.25, 0.3) is 0 Å². The summed E-state index contributed by atoms with van der Waals surface area (Å²) in [6.45, 7) is -0.622. The number of alkyl carbamates (subject to hydrolysis) is 1. The van der Waals surface area contributed by atoms with Crippen LogP contribution in [0.5, 0.6) is 0 Å². The molecule has 1 saturated heterocycles. The second-order valence-corrected chi connectivity index (χ2v) is 10.1. The molecular formula is C26H27F5N6O3. The summed E-state index contributed by atoms with van der Waals surface area (Å²) in [5.74, 6) is -3.10. The first-order chi connectivity index (χ1) is 19.0. The summed E-state index contributed by atoms with van der Waals surface area (Å²) in [5.41, 5.74) is 1.94. The lowest BCUT2D eigenvalue weighted by atomic mass is 9.81. The molecular weight excluding hydrogens is 539 g/mol. The Labute approximate surface area is 225 Å². The van der Waals surface area contributed by atoms with Crippen molar-refractivity contribution in [3.05, 3.63) is 65.6 Å². The maximum absolute atomic E-state index is 13.9. The number of alkyl halides is 5. The molecule has 3 heterocycles. The Hall–Kier alpha value is -3.97. The summed E-state index contributed by atoms with van der Waals surface area (Å²) in [7, 11) is 0. The van der Waals surface area contributed by atoms with Crippen molar-refractivity contribution in [2.45, 2.75) is 63.0 Å². The highest BCUT2D eigenvalue weighted by Gasteiger charge is 2.46. The Balaban J connectivity index is 1.32. The number of carbonyl (C=O) groups is 2. The quantitative estimate of drug-likeness (QED) is 0.393. The van der Waals surface area contributed by atoms with Gasteiger partial charge >= 0.3 is 18.3 Å². The number of hydrogen-bond donors (Lipinski definition) is 2. The normalized spacial score (nSPS) is 20.4. The molecule has 2 aliphatic rings. The van der Waals surface area contributed by atoms with Crippen molar-refractivity contribution >= 4 is 17.8 Å². The standard InChI is InChI=1S/C26H27F5N6O3/c27-25(28)8-6-18(7-9-25)22(35-24(39)40-15-16-4-2-1-3-5-16)19-13-37-21(33-19)10-17(11-32-37)12-36-14-20(26(29,30)31)34-23(36)38/h1-5,10-11,13,18,20,22H,6-9,12,14-15H2,(H,34,38)(H,35,39)/t20-,22?/m0/s1. The largest absolute Gasteiger partial charge is 0.445 e. The molecule has 2 N–H and O–H groups in total. The minimum absolute atomic E-state index is 0.0253. The van der Waals surface area contributed by atoms with Crippen LogP contribution >= 0.6 is 0 Å². The van der Waals surface area contributed by atoms with E-state index in [9.17, 15) is 31.5 Å². The number of amides is 3. The molecule has 0 spiro atoms. The molecule has 40 heavy (non-hydrogen) atoms. The SMILES string of the molecule is O=C(NC(c1cn2ncc(CN3C[C@@H](C(F)(F)F)NC3=O)cc2n1)C1CCC(F)(F)CC1)OCc1ccccc1. The van der Waals surface area contributed by atoms with Crippen molar-refractivity contribution in [1.82, 2.24) is 30.1 Å². The van der Waals surface area contributed by atoms with E-state index < -0.39 is 42.9 Å². The second kappa shape index (κ2) is 10.9. The van der Waals surface area contributed by atoms with E-state index in [4.69, 9.17) is 4.74 Å². The van der Waals surface area contributed by atoms with Crippen LogP contribution in [0.4, 0.5) is 31.5 Å². The number of carbonyl (C=O) groups excluding carboxylic acids is 2. The van der Waals surface area contributed by atoms with E-state index in [-0.39, 0.29) is 44.8 Å². The van der Waals surface area contributed by atoms with Crippen molar-refractivity contribution in [1.29, 1.82) is 0 Å². The van der Waals surface area contributed by atoms with Crippen molar-refractivity contribution in [3.8, 4) is 0 Å². The highest BCUT2D eigenvalue weighted by molar-refractivity contribution is 5.77. The molecule has 1 aromatic carbocycles. The summed E-state index contributed by atoms with van der Waals surface area (Å²) in [6, 6.07) is 7.11. The smallest absolute Gasteiger partial charge is 0.410 e. The van der Waals surface area contributed by atoms with Crippen LogP contribution < -0.4 is 10.6 Å². The fraction of sp³-hybridized carbons (Fsp3) is 0.462. The zero-order chi connectivity index (χ0) is 28.5. The molecule has 2 aromatic heterocycles. The Morgan fingerprint density at radius 3 is 2.58 bits per heavy atom. The molecule has 1 saturated carbocycles. The number of hydrogen-bond acceptors (Lipinski definition) is 5. The van der Waals surface area contributed by atoms with Crippen LogP contribution in [-0.4, -0.2) is 56.3 Å². The second-order valence-electron chi connectivity index (χ2n) is 10.1. The van der Waals surface area contributed by atoms with Crippen LogP contribution in [0, 0.1) is 5.92 Å². The number of halogens is 5. The van der Waals surface area contributed by atoms with Crippen molar-refractivity contribution < 1.29 is 36.3 Å². The minimum atomic E-state index is -4.56. The first-order valence-electron chi connectivity index (χ1n) is 12.8. The van der Waals surface area contributed by atoms with Crippen LogP contribution in [0.2, 0.25) is 0 Å². The van der Waals surface area contributed by atoms with E-state index in [2.05, 4.69) is 15.4 Å². The molecule has 3 aromatic rings. The summed E-state index contributed by atoms with van der Waals surface area (Å²) in [6.07, 6.45) is -2.63. The van der Waals surface area contributed by atoms with E-state index in [1.165, 1.54) is 10.7 Å². The van der Waals surface area contributed by atoms with Gasteiger partial charge in [-0.1, -0.05) is 30.3 Å². The number of benzene rings is 1. The average Bonchev–Trinajstić information content (AvgIpc) is 3.50. The highest BCUT2D eigenvalue weighted by atomic mass is 19.4. The first kappa shape index (κ1) is 27.6. The van der Waals surface area contributed by atoms with Gasteiger partial charge in [0, 0.05) is 19.4 Å². The third kappa shape index (κ3) is 6.42. The highest BCUT2D eigenvalue weighted by Crippen LogP contribution is 2.41. The lowest BCUT2D eigenvalue weighted by Gasteiger charge is -2.33. The number of rotatable bonds is 7. The summed E-state index contributed by atoms with van der Waals surface area (Å²) in [4.78, 5) is 30.3. The summed E-state index contributed by atoms with van der Waals surface area (Å²) in [5, 5.41) is 8.95. The van der Waals surface area contributed by atoms with Gasteiger partial charge in [-0.2, -0.15) is 18.3 Å². The Morgan fingerprint density at radius 1 is 1.18 bits per heavy atom. The van der Waals surface area contributed by atoms with Gasteiger partial charge in [0.15, 0.2) is 5.65 Å². The molecule has 0 bridgehead atoms. The number of nitrogens with one attached hydrogen (secondary N) is 2. The number of imidazole rings is 1. The van der Waals surface area contributed by atoms with Crippen LogP contribution in [0.15, 0.2) is 48.8 Å². The van der Waals surface area contributed by atoms with E-state index in [0.29, 0.717) is 16.9 Å². The van der Waals surface area contributed by atoms with Gasteiger partial charge in [-0.05, 0) is 36.0 Å². The summed E-state index contributed by atoms with van der Waals surface area (Å²) >= 11 is 0. The zero-order valence-electron chi connectivity index (χ0n) is 21.2. The molecule has 1 unspecified atom stereocenters. The van der Waals surface area contributed by atoms with Gasteiger partial charge in [-0.3, -0.25) is 0 Å². The molecule has 14 heteroatoms. The van der Waals surface area contributed by atoms with Crippen LogP contribution in [0.1, 0.15) is 48.5 Å². The Bertz CT molecular complexity index is 1360. The molecule has 0 radical (unpaired) electrons. The minimum Gasteiger partial charge on any atom is -0.445 e. The third-order valence-electron chi connectivity index (χ3n) is 7.19. The van der Waals surface area contributed by atoms with Crippen LogP contribution in [0.3, 0.4) is 0 Å². The van der Waals surface area contributed by atoms with Gasteiger partial charge in [-0.15, -0.1) is 0 Å². The molecule has 1 aliphatic heterocycles. The number of nitrogens with zero attached hydrogens (tertiary/aromatic N) is 4. The van der Waals surface area contributed by atoms with Gasteiger partial charge in [0.05, 0.1) is 30.7 Å². The van der Waals surface area contributed by atoms with Gasteiger partial charge < -0.3 is 20.3 Å². The van der Waals surface area contributed by atoms with Crippen LogP contribution in [-0.2, 0) is 17.9 Å². The number of ether oxygens (including phenoxy) is 1. The topological polar surface area (TPSA) is 101 Å². The van der Waals surface area contributed by atoms with Crippen molar-refractivity contribution in [2.24, 2.45) is 5.92 Å². The van der Waals surface area contributed by atoms with Gasteiger partial charge in [-0.25, -0.2) is 27.9 Å². The number of fused-ring (bicyclic) bond motifs is 1. The van der Waals surface area contributed by atoms with Gasteiger partial charge in [0.2, 0.25) is 5.92 Å². The van der Waals surface area contributed by atoms with Crippen molar-refractivity contribution in [3.63, 3.8) is 0 Å². The first-order valence-corrected chi connectivity index (χ1v) is 12.8. The predicted octanol–water partition coefficient (Wildman–Crippen LogP) is 4.98. The predicted molar refractivity (Wildman–Crippen MR) is 131 cm³/mol. The molecule has 3 amide bonds. The molecule has 2 atom stereocenters. The zero-order valence-corrected chi connectivity index (χ0v) is 21.2. The molecule has 1 aliphatic carbocycles. The number of aromatic nitrogens is 3. The molecule has 214 valence electrons. The fourth-order valence-corrected chi connectivity index (χ4v) is 5.02. The van der Waals surface area contributed by atoms with Crippen molar-refractivity contribution in [2.75, 3.05) is 6.54 Å². The maximum atomic E-state index is 13.9. The van der Waals surface area contributed by atoms with Crippen LogP contribution in [0.25, 0.3) is 5.65 Å². The maximum Gasteiger partial charge on any atom is 0.410 e. The molecule has 2 fully saturated rings. The third-order valence-corrected chi connectivity index (χ3v) is 7.19.